The lowest BCUT2D eigenvalue weighted by molar-refractivity contribution is 0.0735. The first-order chi connectivity index (χ1) is 16.1. The number of nitrogens with one attached hydrogen (secondary N) is 2. The molecule has 2 amide bonds. The standard InChI is InChI=1S/C24H21ClN6O2/c25-18-5-1-3-16(13-18)20-15-27-31-10-7-21(29-22(20)31)23(32)28-19-6-2-4-17(14-19)24(33)30-11-8-26-9-12-30/h1-7,10,13-15,26H,8-9,11-12H2,(H,28,32). The number of anilines is 1. The Bertz CT molecular complexity index is 1350. The summed E-state index contributed by atoms with van der Waals surface area (Å²) in [6, 6.07) is 16.0. The van der Waals surface area contributed by atoms with E-state index in [1.54, 1.807) is 53.3 Å². The van der Waals surface area contributed by atoms with Crippen LogP contribution in [0.5, 0.6) is 0 Å². The maximum atomic E-state index is 12.9. The van der Waals surface area contributed by atoms with E-state index in [1.807, 2.05) is 23.1 Å². The third kappa shape index (κ3) is 4.44. The molecule has 0 bridgehead atoms. The van der Waals surface area contributed by atoms with Crippen molar-refractivity contribution in [3.8, 4) is 11.1 Å². The van der Waals surface area contributed by atoms with Crippen LogP contribution >= 0.6 is 11.6 Å². The summed E-state index contributed by atoms with van der Waals surface area (Å²) in [5.74, 6) is -0.417. The van der Waals surface area contributed by atoms with Gasteiger partial charge in [-0.05, 0) is 42.0 Å². The predicted octanol–water partition coefficient (Wildman–Crippen LogP) is 3.35. The van der Waals surface area contributed by atoms with Gasteiger partial charge in [0.2, 0.25) is 0 Å². The van der Waals surface area contributed by atoms with Crippen molar-refractivity contribution in [3.05, 3.63) is 83.3 Å². The molecule has 2 aromatic carbocycles. The Hall–Kier alpha value is -3.75. The summed E-state index contributed by atoms with van der Waals surface area (Å²) in [5.41, 5.74) is 3.50. The number of benzene rings is 2. The minimum absolute atomic E-state index is 0.0439. The molecular weight excluding hydrogens is 440 g/mol. The minimum Gasteiger partial charge on any atom is -0.336 e. The quantitative estimate of drug-likeness (QED) is 0.487. The summed E-state index contributed by atoms with van der Waals surface area (Å²) in [6.07, 6.45) is 3.39. The number of carbonyl (C=O) groups excluding carboxylic acids is 2. The SMILES string of the molecule is O=C(Nc1cccc(C(=O)N2CCNCC2)c1)c1ccn2ncc(-c3cccc(Cl)c3)c2n1. The summed E-state index contributed by atoms with van der Waals surface area (Å²) < 4.78 is 1.61. The number of fused-ring (bicyclic) bond motifs is 1. The third-order valence-electron chi connectivity index (χ3n) is 5.51. The van der Waals surface area contributed by atoms with Gasteiger partial charge in [0.1, 0.15) is 5.69 Å². The Morgan fingerprint density at radius 2 is 1.85 bits per heavy atom. The molecule has 0 atom stereocenters. The first-order valence-corrected chi connectivity index (χ1v) is 11.0. The smallest absolute Gasteiger partial charge is 0.274 e. The van der Waals surface area contributed by atoms with Crippen LogP contribution in [-0.4, -0.2) is 57.5 Å². The molecule has 1 saturated heterocycles. The second-order valence-corrected chi connectivity index (χ2v) is 8.16. The van der Waals surface area contributed by atoms with Crippen molar-refractivity contribution in [2.45, 2.75) is 0 Å². The molecule has 9 heteroatoms. The van der Waals surface area contributed by atoms with Crippen molar-refractivity contribution >= 4 is 34.7 Å². The number of halogens is 1. The van der Waals surface area contributed by atoms with Crippen LogP contribution in [0.3, 0.4) is 0 Å². The van der Waals surface area contributed by atoms with E-state index in [1.165, 1.54) is 0 Å². The van der Waals surface area contributed by atoms with Crippen molar-refractivity contribution < 1.29 is 9.59 Å². The molecule has 0 aliphatic carbocycles. The highest BCUT2D eigenvalue weighted by Crippen LogP contribution is 2.26. The molecule has 2 aromatic heterocycles. The Morgan fingerprint density at radius 3 is 2.67 bits per heavy atom. The molecule has 1 aliphatic heterocycles. The van der Waals surface area contributed by atoms with Gasteiger partial charge in [0.25, 0.3) is 11.8 Å². The number of piperazine rings is 1. The molecule has 1 fully saturated rings. The predicted molar refractivity (Wildman–Crippen MR) is 127 cm³/mol. The van der Waals surface area contributed by atoms with Crippen LogP contribution in [0.2, 0.25) is 5.02 Å². The number of carbonyl (C=O) groups is 2. The largest absolute Gasteiger partial charge is 0.336 e. The van der Waals surface area contributed by atoms with Crippen molar-refractivity contribution in [2.24, 2.45) is 0 Å². The topological polar surface area (TPSA) is 91.6 Å². The highest BCUT2D eigenvalue weighted by atomic mass is 35.5. The Morgan fingerprint density at radius 1 is 1.03 bits per heavy atom. The number of rotatable bonds is 4. The fraction of sp³-hybridized carbons (Fsp3) is 0.167. The molecule has 0 unspecified atom stereocenters. The van der Waals surface area contributed by atoms with E-state index in [0.29, 0.717) is 35.0 Å². The van der Waals surface area contributed by atoms with Gasteiger partial charge in [-0.3, -0.25) is 9.59 Å². The van der Waals surface area contributed by atoms with Crippen molar-refractivity contribution in [2.75, 3.05) is 31.5 Å². The fourth-order valence-corrected chi connectivity index (χ4v) is 4.02. The number of amides is 2. The zero-order chi connectivity index (χ0) is 22.8. The third-order valence-corrected chi connectivity index (χ3v) is 5.74. The monoisotopic (exact) mass is 460 g/mol. The van der Waals surface area contributed by atoms with E-state index >= 15 is 0 Å². The molecule has 5 rings (SSSR count). The second kappa shape index (κ2) is 9.01. The summed E-state index contributed by atoms with van der Waals surface area (Å²) in [4.78, 5) is 32.1. The van der Waals surface area contributed by atoms with Gasteiger partial charge in [-0.15, -0.1) is 0 Å². The molecule has 0 spiro atoms. The van der Waals surface area contributed by atoms with Crippen molar-refractivity contribution in [1.29, 1.82) is 0 Å². The minimum atomic E-state index is -0.373. The number of nitrogens with zero attached hydrogens (tertiary/aromatic N) is 4. The van der Waals surface area contributed by atoms with E-state index in [2.05, 4.69) is 20.7 Å². The van der Waals surface area contributed by atoms with E-state index in [4.69, 9.17) is 11.6 Å². The van der Waals surface area contributed by atoms with Crippen LogP contribution < -0.4 is 10.6 Å². The van der Waals surface area contributed by atoms with Gasteiger partial charge >= 0.3 is 0 Å². The fourth-order valence-electron chi connectivity index (χ4n) is 3.83. The van der Waals surface area contributed by atoms with Crippen LogP contribution in [0.4, 0.5) is 5.69 Å². The van der Waals surface area contributed by atoms with Crippen molar-refractivity contribution in [3.63, 3.8) is 0 Å². The van der Waals surface area contributed by atoms with Crippen LogP contribution in [0.1, 0.15) is 20.8 Å². The molecule has 0 radical (unpaired) electrons. The number of hydrogen-bond donors (Lipinski definition) is 2. The molecule has 2 N–H and O–H groups in total. The number of hydrogen-bond acceptors (Lipinski definition) is 5. The van der Waals surface area contributed by atoms with Gasteiger partial charge in [-0.2, -0.15) is 5.10 Å². The summed E-state index contributed by atoms with van der Waals surface area (Å²) >= 11 is 6.13. The van der Waals surface area contributed by atoms with Gasteiger partial charge in [0.05, 0.1) is 6.20 Å². The number of aromatic nitrogens is 3. The molecule has 8 nitrogen and oxygen atoms in total. The Labute approximate surface area is 195 Å². The van der Waals surface area contributed by atoms with Gasteiger partial charge in [0, 0.05) is 54.2 Å². The zero-order valence-corrected chi connectivity index (χ0v) is 18.4. The lowest BCUT2D eigenvalue weighted by Crippen LogP contribution is -2.46. The summed E-state index contributed by atoms with van der Waals surface area (Å²) in [7, 11) is 0. The average Bonchev–Trinajstić information content (AvgIpc) is 3.27. The molecular formula is C24H21ClN6O2. The molecule has 166 valence electrons. The molecule has 33 heavy (non-hydrogen) atoms. The normalized spacial score (nSPS) is 13.8. The van der Waals surface area contributed by atoms with Crippen LogP contribution in [0.15, 0.2) is 67.0 Å². The Kier molecular flexibility index (Phi) is 5.77. The first kappa shape index (κ1) is 21.1. The van der Waals surface area contributed by atoms with Gasteiger partial charge < -0.3 is 15.5 Å². The van der Waals surface area contributed by atoms with Gasteiger partial charge in [-0.1, -0.05) is 29.8 Å². The lowest BCUT2D eigenvalue weighted by atomic mass is 10.1. The highest BCUT2D eigenvalue weighted by Gasteiger charge is 2.19. The molecule has 4 aromatic rings. The summed E-state index contributed by atoms with van der Waals surface area (Å²) in [6.45, 7) is 2.89. The Balaban J connectivity index is 1.38. The maximum absolute atomic E-state index is 12.9. The zero-order valence-electron chi connectivity index (χ0n) is 17.7. The summed E-state index contributed by atoms with van der Waals surface area (Å²) in [5, 5.41) is 11.0. The van der Waals surface area contributed by atoms with Crippen LogP contribution in [-0.2, 0) is 0 Å². The first-order valence-electron chi connectivity index (χ1n) is 10.6. The second-order valence-electron chi connectivity index (χ2n) is 7.73. The molecule has 3 heterocycles. The maximum Gasteiger partial charge on any atom is 0.274 e. The van der Waals surface area contributed by atoms with E-state index in [9.17, 15) is 9.59 Å². The lowest BCUT2D eigenvalue weighted by Gasteiger charge is -2.27. The van der Waals surface area contributed by atoms with Crippen LogP contribution in [0.25, 0.3) is 16.8 Å². The van der Waals surface area contributed by atoms with E-state index in [-0.39, 0.29) is 17.5 Å². The van der Waals surface area contributed by atoms with Crippen LogP contribution in [0, 0.1) is 0 Å². The highest BCUT2D eigenvalue weighted by molar-refractivity contribution is 6.30. The van der Waals surface area contributed by atoms with E-state index in [0.717, 1.165) is 24.2 Å². The van der Waals surface area contributed by atoms with E-state index < -0.39 is 0 Å². The molecule has 1 aliphatic rings. The van der Waals surface area contributed by atoms with Gasteiger partial charge in [-0.25, -0.2) is 9.50 Å². The molecule has 0 saturated carbocycles. The average molecular weight is 461 g/mol. The van der Waals surface area contributed by atoms with Gasteiger partial charge in [0.15, 0.2) is 5.65 Å². The van der Waals surface area contributed by atoms with Crippen molar-refractivity contribution in [1.82, 2.24) is 24.8 Å².